The number of benzene rings is 1. The molecule has 2 atom stereocenters. The average Bonchev–Trinajstić information content (AvgIpc) is 2.59. The largest absolute Gasteiger partial charge is 0.465 e. The number of nitrogens with zero attached hydrogens (tertiary/aromatic N) is 1. The summed E-state index contributed by atoms with van der Waals surface area (Å²) in [5.41, 5.74) is 1.73. The number of ketones is 1. The second-order valence-corrected chi connectivity index (χ2v) is 8.35. The molecule has 1 heterocycles. The molecule has 1 aliphatic carbocycles. The van der Waals surface area contributed by atoms with E-state index in [0.29, 0.717) is 41.8 Å². The van der Waals surface area contributed by atoms with Gasteiger partial charge in [0.2, 0.25) is 0 Å². The predicted octanol–water partition coefficient (Wildman–Crippen LogP) is 4.74. The fourth-order valence-corrected chi connectivity index (χ4v) is 4.11. The highest BCUT2D eigenvalue weighted by atomic mass is 19.2. The first-order valence-electron chi connectivity index (χ1n) is 9.57. The number of esters is 1. The molecular formula is C22H25F2NO3. The van der Waals surface area contributed by atoms with Crippen LogP contribution in [0, 0.1) is 23.0 Å². The first kappa shape index (κ1) is 20.4. The van der Waals surface area contributed by atoms with Crippen molar-refractivity contribution in [2.75, 3.05) is 6.61 Å². The zero-order valence-electron chi connectivity index (χ0n) is 16.6. The van der Waals surface area contributed by atoms with Crippen LogP contribution in [0.2, 0.25) is 0 Å². The fraction of sp³-hybridized carbons (Fsp3) is 0.500. The number of hydrogen-bond acceptors (Lipinski definition) is 4. The Morgan fingerprint density at radius 1 is 1.25 bits per heavy atom. The van der Waals surface area contributed by atoms with Crippen molar-refractivity contribution in [1.29, 1.82) is 0 Å². The number of aliphatic imine (C=N–C) groups is 1. The summed E-state index contributed by atoms with van der Waals surface area (Å²) in [4.78, 5) is 30.4. The molecule has 0 radical (unpaired) electrons. The van der Waals surface area contributed by atoms with Gasteiger partial charge in [0.1, 0.15) is 5.92 Å². The molecule has 28 heavy (non-hydrogen) atoms. The molecule has 1 unspecified atom stereocenters. The zero-order chi connectivity index (χ0) is 20.6. The molecule has 3 rings (SSSR count). The van der Waals surface area contributed by atoms with Gasteiger partial charge in [0.15, 0.2) is 17.4 Å². The number of halogens is 2. The van der Waals surface area contributed by atoms with Gasteiger partial charge in [-0.15, -0.1) is 0 Å². The number of hydrogen-bond donors (Lipinski definition) is 0. The summed E-state index contributed by atoms with van der Waals surface area (Å²) in [5.74, 6) is -4.15. The van der Waals surface area contributed by atoms with Crippen LogP contribution in [0.4, 0.5) is 8.78 Å². The van der Waals surface area contributed by atoms with Crippen LogP contribution in [0.15, 0.2) is 34.5 Å². The molecule has 4 nitrogen and oxygen atoms in total. The molecule has 0 fully saturated rings. The Morgan fingerprint density at radius 3 is 2.61 bits per heavy atom. The minimum Gasteiger partial charge on any atom is -0.465 e. The number of ether oxygens (including phenoxy) is 1. The average molecular weight is 389 g/mol. The summed E-state index contributed by atoms with van der Waals surface area (Å²) in [6.45, 7) is 7.84. The van der Waals surface area contributed by atoms with Crippen LogP contribution in [-0.2, 0) is 14.3 Å². The van der Waals surface area contributed by atoms with E-state index in [1.54, 1.807) is 6.92 Å². The van der Waals surface area contributed by atoms with Gasteiger partial charge in [0, 0.05) is 29.3 Å². The summed E-state index contributed by atoms with van der Waals surface area (Å²) in [6.07, 6.45) is 1.56. The van der Waals surface area contributed by atoms with Crippen molar-refractivity contribution >= 4 is 17.5 Å². The van der Waals surface area contributed by atoms with E-state index >= 15 is 0 Å². The Hall–Kier alpha value is -2.37. The normalized spacial score (nSPS) is 23.9. The van der Waals surface area contributed by atoms with E-state index in [1.165, 1.54) is 6.07 Å². The topological polar surface area (TPSA) is 55.7 Å². The Balaban J connectivity index is 2.15. The number of carbonyl (C=O) groups excluding carboxylic acids is 2. The lowest BCUT2D eigenvalue weighted by Gasteiger charge is -2.39. The maximum absolute atomic E-state index is 14.0. The van der Waals surface area contributed by atoms with Crippen molar-refractivity contribution in [3.05, 3.63) is 46.7 Å². The van der Waals surface area contributed by atoms with Gasteiger partial charge in [0.25, 0.3) is 0 Å². The predicted molar refractivity (Wildman–Crippen MR) is 102 cm³/mol. The van der Waals surface area contributed by atoms with E-state index in [4.69, 9.17) is 4.74 Å². The van der Waals surface area contributed by atoms with E-state index in [9.17, 15) is 18.4 Å². The Labute approximate surface area is 163 Å². The minimum atomic E-state index is -1.01. The van der Waals surface area contributed by atoms with Crippen molar-refractivity contribution in [1.82, 2.24) is 0 Å². The van der Waals surface area contributed by atoms with E-state index in [-0.39, 0.29) is 17.8 Å². The van der Waals surface area contributed by atoms with Crippen LogP contribution in [-0.4, -0.2) is 24.1 Å². The van der Waals surface area contributed by atoms with Crippen LogP contribution >= 0.6 is 0 Å². The van der Waals surface area contributed by atoms with E-state index < -0.39 is 29.4 Å². The van der Waals surface area contributed by atoms with Gasteiger partial charge < -0.3 is 4.74 Å². The summed E-state index contributed by atoms with van der Waals surface area (Å²) < 4.78 is 32.8. The highest BCUT2D eigenvalue weighted by Crippen LogP contribution is 2.48. The SMILES string of the molecule is CCCOC(=O)C1C(C)=NC2=C(C(=O)CC(C)(C)C2)[C@@H]1c1ccc(F)c(F)c1. The molecule has 0 bridgehead atoms. The summed E-state index contributed by atoms with van der Waals surface area (Å²) in [5, 5.41) is 0. The molecule has 0 amide bonds. The van der Waals surface area contributed by atoms with Crippen LogP contribution in [0.3, 0.4) is 0 Å². The van der Waals surface area contributed by atoms with Crippen molar-refractivity contribution in [2.24, 2.45) is 16.3 Å². The standard InChI is InChI=1S/C22H25F2NO3/c1-5-8-28-21(27)18-12(2)25-16-10-22(3,4)11-17(26)20(16)19(18)13-6-7-14(23)15(24)9-13/h6-7,9,18-19H,5,8,10-11H2,1-4H3/t18?,19-/m1/s1. The van der Waals surface area contributed by atoms with Crippen LogP contribution in [0.25, 0.3) is 0 Å². The third kappa shape index (κ3) is 3.77. The van der Waals surface area contributed by atoms with Crippen LogP contribution in [0.5, 0.6) is 0 Å². The fourth-order valence-electron chi connectivity index (χ4n) is 4.11. The van der Waals surface area contributed by atoms with Gasteiger partial charge in [0.05, 0.1) is 6.61 Å². The molecule has 0 aromatic heterocycles. The van der Waals surface area contributed by atoms with E-state index in [0.717, 1.165) is 12.1 Å². The molecule has 6 heteroatoms. The zero-order valence-corrected chi connectivity index (χ0v) is 16.6. The van der Waals surface area contributed by atoms with Crippen molar-refractivity contribution in [2.45, 2.75) is 52.9 Å². The smallest absolute Gasteiger partial charge is 0.315 e. The number of carbonyl (C=O) groups is 2. The van der Waals surface area contributed by atoms with Crippen LogP contribution < -0.4 is 0 Å². The lowest BCUT2D eigenvalue weighted by molar-refractivity contribution is -0.146. The molecule has 2 aliphatic rings. The van der Waals surface area contributed by atoms with Crippen LogP contribution in [0.1, 0.15) is 58.4 Å². The second kappa shape index (κ2) is 7.57. The van der Waals surface area contributed by atoms with Gasteiger partial charge in [-0.05, 0) is 42.9 Å². The highest BCUT2D eigenvalue weighted by Gasteiger charge is 2.46. The Morgan fingerprint density at radius 2 is 1.96 bits per heavy atom. The Bertz CT molecular complexity index is 886. The molecule has 0 spiro atoms. The van der Waals surface area contributed by atoms with Crippen molar-refractivity contribution < 1.29 is 23.1 Å². The number of Topliss-reactive ketones (excluding diaryl/α,β-unsaturated/α-hetero) is 1. The van der Waals surface area contributed by atoms with Gasteiger partial charge in [-0.1, -0.05) is 26.8 Å². The summed E-state index contributed by atoms with van der Waals surface area (Å²) >= 11 is 0. The first-order chi connectivity index (χ1) is 13.1. The molecule has 0 saturated carbocycles. The number of rotatable bonds is 4. The molecular weight excluding hydrogens is 364 g/mol. The molecule has 1 aliphatic heterocycles. The van der Waals surface area contributed by atoms with Crippen molar-refractivity contribution in [3.8, 4) is 0 Å². The summed E-state index contributed by atoms with van der Waals surface area (Å²) in [6, 6.07) is 3.52. The maximum atomic E-state index is 14.0. The van der Waals surface area contributed by atoms with Gasteiger partial charge in [-0.2, -0.15) is 0 Å². The quantitative estimate of drug-likeness (QED) is 0.699. The van der Waals surface area contributed by atoms with Gasteiger partial charge in [-0.25, -0.2) is 8.78 Å². The van der Waals surface area contributed by atoms with E-state index in [2.05, 4.69) is 4.99 Å². The maximum Gasteiger partial charge on any atom is 0.315 e. The Kier molecular flexibility index (Phi) is 5.50. The third-order valence-corrected chi connectivity index (χ3v) is 5.31. The third-order valence-electron chi connectivity index (χ3n) is 5.31. The minimum absolute atomic E-state index is 0.106. The first-order valence-corrected chi connectivity index (χ1v) is 9.57. The second-order valence-electron chi connectivity index (χ2n) is 8.35. The number of allylic oxidation sites excluding steroid dienone is 2. The monoisotopic (exact) mass is 389 g/mol. The molecule has 0 saturated heterocycles. The lowest BCUT2D eigenvalue weighted by atomic mass is 9.67. The molecule has 1 aromatic carbocycles. The molecule has 150 valence electrons. The van der Waals surface area contributed by atoms with E-state index in [1.807, 2.05) is 20.8 Å². The molecule has 1 aromatic rings. The molecule has 0 N–H and O–H groups in total. The summed E-state index contributed by atoms with van der Waals surface area (Å²) in [7, 11) is 0. The van der Waals surface area contributed by atoms with Gasteiger partial charge >= 0.3 is 5.97 Å². The van der Waals surface area contributed by atoms with Crippen molar-refractivity contribution in [3.63, 3.8) is 0 Å². The van der Waals surface area contributed by atoms with Gasteiger partial charge in [-0.3, -0.25) is 14.6 Å². The highest BCUT2D eigenvalue weighted by molar-refractivity contribution is 6.09. The lowest BCUT2D eigenvalue weighted by Crippen LogP contribution is -2.39.